The summed E-state index contributed by atoms with van der Waals surface area (Å²) in [6.45, 7) is 6.35. The van der Waals surface area contributed by atoms with E-state index in [-0.39, 0.29) is 17.9 Å². The number of sulfonamides is 1. The molecule has 0 fully saturated rings. The normalized spacial score (nSPS) is 12.0. The van der Waals surface area contributed by atoms with Crippen LogP contribution in [0.15, 0.2) is 66.7 Å². The average Bonchev–Trinajstić information content (AvgIpc) is 2.69. The maximum Gasteiger partial charge on any atom is 0.241 e. The van der Waals surface area contributed by atoms with Crippen LogP contribution in [0, 0.1) is 0 Å². The Labute approximate surface area is 178 Å². The van der Waals surface area contributed by atoms with Crippen LogP contribution in [0.25, 0.3) is 10.8 Å². The number of carbonyl (C=O) groups is 1. The van der Waals surface area contributed by atoms with E-state index in [0.717, 1.165) is 32.5 Å². The molecule has 0 atom stereocenters. The third-order valence-corrected chi connectivity index (χ3v) is 6.21. The molecule has 30 heavy (non-hydrogen) atoms. The van der Waals surface area contributed by atoms with Gasteiger partial charge in [0.15, 0.2) is 0 Å². The van der Waals surface area contributed by atoms with Gasteiger partial charge in [-0.25, -0.2) is 8.42 Å². The molecule has 0 saturated heterocycles. The van der Waals surface area contributed by atoms with E-state index in [9.17, 15) is 13.2 Å². The fourth-order valence-corrected chi connectivity index (χ4v) is 4.21. The molecule has 0 unspecified atom stereocenters. The van der Waals surface area contributed by atoms with Crippen LogP contribution in [-0.2, 0) is 26.8 Å². The molecule has 0 spiro atoms. The molecule has 0 aliphatic rings. The summed E-state index contributed by atoms with van der Waals surface area (Å²) in [5.74, 6) is -0.353. The van der Waals surface area contributed by atoms with Crippen LogP contribution in [0.5, 0.6) is 0 Å². The molecule has 1 amide bonds. The van der Waals surface area contributed by atoms with Gasteiger partial charge in [0.25, 0.3) is 0 Å². The number of anilines is 1. The van der Waals surface area contributed by atoms with E-state index in [1.54, 1.807) is 12.1 Å². The Bertz CT molecular complexity index is 1140. The lowest BCUT2D eigenvalue weighted by atomic mass is 9.87. The summed E-state index contributed by atoms with van der Waals surface area (Å²) in [5, 5.41) is 5.02. The first-order valence-corrected chi connectivity index (χ1v) is 11.7. The van der Waals surface area contributed by atoms with Gasteiger partial charge in [-0.2, -0.15) is 0 Å². The lowest BCUT2D eigenvalue weighted by Crippen LogP contribution is -2.40. The fourth-order valence-electron chi connectivity index (χ4n) is 3.35. The van der Waals surface area contributed by atoms with Crippen molar-refractivity contribution in [3.63, 3.8) is 0 Å². The Morgan fingerprint density at radius 2 is 1.57 bits per heavy atom. The summed E-state index contributed by atoms with van der Waals surface area (Å²) in [5.41, 5.74) is 2.53. The van der Waals surface area contributed by atoms with E-state index in [0.29, 0.717) is 12.2 Å². The highest BCUT2D eigenvalue weighted by atomic mass is 32.2. The lowest BCUT2D eigenvalue weighted by molar-refractivity contribution is -0.119. The number of nitrogens with zero attached hydrogens (tertiary/aromatic N) is 1. The van der Waals surface area contributed by atoms with Crippen molar-refractivity contribution >= 4 is 32.4 Å². The largest absolute Gasteiger partial charge is 0.350 e. The highest BCUT2D eigenvalue weighted by molar-refractivity contribution is 7.92. The molecule has 0 saturated carbocycles. The molecule has 0 aliphatic heterocycles. The van der Waals surface area contributed by atoms with Crippen LogP contribution in [0.3, 0.4) is 0 Å². The number of carbonyl (C=O) groups excluding carboxylic acids is 1. The first-order chi connectivity index (χ1) is 14.1. The molecule has 158 valence electrons. The van der Waals surface area contributed by atoms with Gasteiger partial charge in [-0.15, -0.1) is 0 Å². The lowest BCUT2D eigenvalue weighted by Gasteiger charge is -2.24. The SMILES string of the molecule is CC(C)(C)c1ccc(N(CC(=O)NCc2cccc3ccccc23)S(C)(=O)=O)cc1. The van der Waals surface area contributed by atoms with E-state index < -0.39 is 10.0 Å². The number of hydrogen-bond donors (Lipinski definition) is 1. The van der Waals surface area contributed by atoms with Crippen LogP contribution in [0.1, 0.15) is 31.9 Å². The second kappa shape index (κ2) is 8.48. The maximum absolute atomic E-state index is 12.6. The average molecular weight is 425 g/mol. The first kappa shape index (κ1) is 21.8. The monoisotopic (exact) mass is 424 g/mol. The molecule has 5 nitrogen and oxygen atoms in total. The fraction of sp³-hybridized carbons (Fsp3) is 0.292. The highest BCUT2D eigenvalue weighted by Gasteiger charge is 2.22. The van der Waals surface area contributed by atoms with Gasteiger partial charge in [0.05, 0.1) is 11.9 Å². The number of fused-ring (bicyclic) bond motifs is 1. The molecule has 0 bridgehead atoms. The van der Waals surface area contributed by atoms with Crippen LogP contribution in [0.2, 0.25) is 0 Å². The minimum absolute atomic E-state index is 0.0374. The molecule has 3 aromatic carbocycles. The summed E-state index contributed by atoms with van der Waals surface area (Å²) < 4.78 is 25.8. The van der Waals surface area contributed by atoms with E-state index >= 15 is 0 Å². The molecule has 0 heterocycles. The second-order valence-corrected chi connectivity index (χ2v) is 10.4. The Hall–Kier alpha value is -2.86. The number of amides is 1. The molecule has 3 rings (SSSR count). The van der Waals surface area contributed by atoms with Crippen molar-refractivity contribution in [2.24, 2.45) is 0 Å². The Kier molecular flexibility index (Phi) is 6.17. The van der Waals surface area contributed by atoms with Gasteiger partial charge in [-0.05, 0) is 39.4 Å². The smallest absolute Gasteiger partial charge is 0.241 e. The molecular formula is C24H28N2O3S. The van der Waals surface area contributed by atoms with E-state index in [1.165, 1.54) is 0 Å². The molecule has 0 aromatic heterocycles. The Morgan fingerprint density at radius 1 is 0.933 bits per heavy atom. The van der Waals surface area contributed by atoms with Gasteiger partial charge < -0.3 is 5.32 Å². The number of hydrogen-bond acceptors (Lipinski definition) is 3. The maximum atomic E-state index is 12.6. The summed E-state index contributed by atoms with van der Waals surface area (Å²) in [6, 6.07) is 21.2. The third kappa shape index (κ3) is 5.19. The number of benzene rings is 3. The number of rotatable bonds is 6. The minimum Gasteiger partial charge on any atom is -0.350 e. The third-order valence-electron chi connectivity index (χ3n) is 5.06. The van der Waals surface area contributed by atoms with Crippen molar-refractivity contribution in [1.82, 2.24) is 5.32 Å². The standard InChI is InChI=1S/C24H28N2O3S/c1-24(2,3)20-12-14-21(15-13-20)26(30(4,28)29)17-23(27)25-16-19-10-7-9-18-8-5-6-11-22(18)19/h5-15H,16-17H2,1-4H3,(H,25,27). The van der Waals surface area contributed by atoms with Crippen LogP contribution in [0.4, 0.5) is 5.69 Å². The van der Waals surface area contributed by atoms with Crippen molar-refractivity contribution in [3.8, 4) is 0 Å². The van der Waals surface area contributed by atoms with Gasteiger partial charge in [0.2, 0.25) is 15.9 Å². The quantitative estimate of drug-likeness (QED) is 0.644. The van der Waals surface area contributed by atoms with Crippen molar-refractivity contribution in [2.75, 3.05) is 17.1 Å². The van der Waals surface area contributed by atoms with Crippen LogP contribution >= 0.6 is 0 Å². The Morgan fingerprint density at radius 3 is 2.20 bits per heavy atom. The van der Waals surface area contributed by atoms with Crippen molar-refractivity contribution in [3.05, 3.63) is 77.9 Å². The zero-order valence-electron chi connectivity index (χ0n) is 17.8. The van der Waals surface area contributed by atoms with Gasteiger partial charge in [-0.1, -0.05) is 75.4 Å². The Balaban J connectivity index is 1.75. The number of nitrogens with one attached hydrogen (secondary N) is 1. The van der Waals surface area contributed by atoms with E-state index in [1.807, 2.05) is 54.6 Å². The zero-order valence-corrected chi connectivity index (χ0v) is 18.7. The van der Waals surface area contributed by atoms with Gasteiger partial charge in [-0.3, -0.25) is 9.10 Å². The van der Waals surface area contributed by atoms with Crippen LogP contribution in [-0.4, -0.2) is 27.1 Å². The molecule has 1 N–H and O–H groups in total. The van der Waals surface area contributed by atoms with Crippen molar-refractivity contribution < 1.29 is 13.2 Å². The molecular weight excluding hydrogens is 396 g/mol. The summed E-state index contributed by atoms with van der Waals surface area (Å²) in [6.07, 6.45) is 1.11. The minimum atomic E-state index is -3.61. The van der Waals surface area contributed by atoms with Crippen LogP contribution < -0.4 is 9.62 Å². The second-order valence-electron chi connectivity index (χ2n) is 8.48. The van der Waals surface area contributed by atoms with E-state index in [2.05, 4.69) is 26.1 Å². The topological polar surface area (TPSA) is 66.5 Å². The van der Waals surface area contributed by atoms with E-state index in [4.69, 9.17) is 0 Å². The zero-order chi connectivity index (χ0) is 21.9. The van der Waals surface area contributed by atoms with Gasteiger partial charge in [0, 0.05) is 6.54 Å². The molecule has 0 radical (unpaired) electrons. The predicted molar refractivity (Wildman–Crippen MR) is 123 cm³/mol. The van der Waals surface area contributed by atoms with Crippen molar-refractivity contribution in [1.29, 1.82) is 0 Å². The first-order valence-electron chi connectivity index (χ1n) is 9.87. The molecule has 3 aromatic rings. The predicted octanol–water partition coefficient (Wildman–Crippen LogP) is 4.22. The highest BCUT2D eigenvalue weighted by Crippen LogP contribution is 2.26. The van der Waals surface area contributed by atoms with Gasteiger partial charge in [0.1, 0.15) is 6.54 Å². The molecule has 6 heteroatoms. The van der Waals surface area contributed by atoms with Gasteiger partial charge >= 0.3 is 0 Å². The summed E-state index contributed by atoms with van der Waals surface area (Å²) in [7, 11) is -3.61. The molecule has 0 aliphatic carbocycles. The summed E-state index contributed by atoms with van der Waals surface area (Å²) in [4.78, 5) is 12.6. The van der Waals surface area contributed by atoms with Crippen molar-refractivity contribution in [2.45, 2.75) is 32.7 Å². The summed E-state index contributed by atoms with van der Waals surface area (Å²) >= 11 is 0.